The molecule has 6 rings (SSSR count). The molecule has 0 saturated carbocycles. The summed E-state index contributed by atoms with van der Waals surface area (Å²) in [6.45, 7) is 2.23. The number of benzene rings is 3. The number of para-hydroxylation sites is 1. The maximum Gasteiger partial charge on any atom is 0.125 e. The number of fused-ring (bicyclic) bond motifs is 2. The number of allylic oxidation sites excluding steroid dienone is 3. The van der Waals surface area contributed by atoms with Crippen molar-refractivity contribution in [3.05, 3.63) is 126 Å². The van der Waals surface area contributed by atoms with Crippen molar-refractivity contribution < 1.29 is 0 Å². The molecule has 1 aromatic heterocycles. The summed E-state index contributed by atoms with van der Waals surface area (Å²) in [4.78, 5) is 7.72. The summed E-state index contributed by atoms with van der Waals surface area (Å²) in [6.07, 6.45) is 8.51. The minimum Gasteiger partial charge on any atom is -0.342 e. The predicted octanol–water partition coefficient (Wildman–Crippen LogP) is 7.33. The van der Waals surface area contributed by atoms with E-state index < -0.39 is 0 Å². The molecule has 3 heteroatoms. The van der Waals surface area contributed by atoms with Crippen LogP contribution in [0.2, 0.25) is 0 Å². The van der Waals surface area contributed by atoms with Gasteiger partial charge in [0.1, 0.15) is 5.84 Å². The summed E-state index contributed by atoms with van der Waals surface area (Å²) < 4.78 is 2.27. The third-order valence-electron chi connectivity index (χ3n) is 6.69. The van der Waals surface area contributed by atoms with E-state index in [0.717, 1.165) is 17.2 Å². The zero-order valence-corrected chi connectivity index (χ0v) is 18.8. The minimum atomic E-state index is 0.108. The summed E-state index contributed by atoms with van der Waals surface area (Å²) in [5.74, 6) is 1.15. The normalized spacial score (nSPS) is 18.5. The van der Waals surface area contributed by atoms with Crippen LogP contribution in [-0.4, -0.2) is 15.3 Å². The van der Waals surface area contributed by atoms with Gasteiger partial charge in [0.15, 0.2) is 0 Å². The lowest BCUT2D eigenvalue weighted by Crippen LogP contribution is -2.23. The van der Waals surface area contributed by atoms with Crippen LogP contribution < -0.4 is 0 Å². The Kier molecular flexibility index (Phi) is 4.62. The van der Waals surface area contributed by atoms with Gasteiger partial charge in [0, 0.05) is 29.9 Å². The second-order valence-corrected chi connectivity index (χ2v) is 8.59. The fraction of sp³-hybridized carbons (Fsp3) is 0.100. The van der Waals surface area contributed by atoms with Crippen molar-refractivity contribution in [1.82, 2.24) is 9.47 Å². The van der Waals surface area contributed by atoms with Crippen LogP contribution in [0.5, 0.6) is 0 Å². The van der Waals surface area contributed by atoms with Crippen molar-refractivity contribution >= 4 is 22.4 Å². The minimum absolute atomic E-state index is 0.108. The molecule has 0 amide bonds. The van der Waals surface area contributed by atoms with E-state index >= 15 is 0 Å². The molecular weight excluding hydrogens is 402 g/mol. The molecule has 1 unspecified atom stereocenters. The lowest BCUT2D eigenvalue weighted by atomic mass is 9.92. The average molecular weight is 428 g/mol. The van der Waals surface area contributed by atoms with Crippen LogP contribution >= 0.6 is 0 Å². The molecule has 0 spiro atoms. The number of nitrogens with zero attached hydrogens (tertiary/aromatic N) is 3. The van der Waals surface area contributed by atoms with E-state index in [4.69, 9.17) is 4.99 Å². The smallest absolute Gasteiger partial charge is 0.125 e. The third-order valence-corrected chi connectivity index (χ3v) is 6.69. The summed E-state index contributed by atoms with van der Waals surface area (Å²) in [7, 11) is 2.14. The number of aliphatic imine (C=N–C) groups is 1. The van der Waals surface area contributed by atoms with Crippen molar-refractivity contribution in [3.8, 4) is 11.3 Å². The summed E-state index contributed by atoms with van der Waals surface area (Å²) >= 11 is 0. The van der Waals surface area contributed by atoms with Gasteiger partial charge in [-0.05, 0) is 36.3 Å². The molecule has 0 bridgehead atoms. The van der Waals surface area contributed by atoms with Crippen molar-refractivity contribution in [2.45, 2.75) is 12.8 Å². The van der Waals surface area contributed by atoms with Gasteiger partial charge in [0.2, 0.25) is 0 Å². The van der Waals surface area contributed by atoms with E-state index in [0.29, 0.717) is 0 Å². The number of aromatic nitrogens is 1. The third kappa shape index (κ3) is 3.08. The van der Waals surface area contributed by atoms with Gasteiger partial charge in [-0.2, -0.15) is 0 Å². The van der Waals surface area contributed by atoms with Crippen LogP contribution in [0.4, 0.5) is 5.69 Å². The first-order chi connectivity index (χ1) is 16.2. The highest BCUT2D eigenvalue weighted by Gasteiger charge is 2.35. The lowest BCUT2D eigenvalue weighted by molar-refractivity contribution is 0.715. The predicted molar refractivity (Wildman–Crippen MR) is 137 cm³/mol. The Morgan fingerprint density at radius 1 is 0.788 bits per heavy atom. The van der Waals surface area contributed by atoms with Gasteiger partial charge < -0.3 is 9.47 Å². The highest BCUT2D eigenvalue weighted by Crippen LogP contribution is 2.44. The van der Waals surface area contributed by atoms with Crippen molar-refractivity contribution in [2.24, 2.45) is 12.0 Å². The zero-order valence-electron chi connectivity index (χ0n) is 18.8. The molecule has 4 aromatic rings. The standard InChI is InChI=1S/C30H25N3/c1-21-25-18-11-12-20-33(25)30(27(21)22-13-5-3-6-14-22)31-28-24-17-9-10-19-26(24)32(2)29(28)23-15-7-4-8-16-23/h3-20,27H,1-2H3. The molecule has 0 radical (unpaired) electrons. The van der Waals surface area contributed by atoms with Gasteiger partial charge in [-0.25, -0.2) is 4.99 Å². The van der Waals surface area contributed by atoms with Crippen molar-refractivity contribution in [3.63, 3.8) is 0 Å². The monoisotopic (exact) mass is 427 g/mol. The molecule has 3 aromatic carbocycles. The fourth-order valence-electron chi connectivity index (χ4n) is 5.14. The topological polar surface area (TPSA) is 20.5 Å². The van der Waals surface area contributed by atoms with Crippen LogP contribution in [0.25, 0.3) is 22.2 Å². The Labute approximate surface area is 194 Å². The molecule has 2 aliphatic heterocycles. The highest BCUT2D eigenvalue weighted by molar-refractivity contribution is 6.06. The molecule has 0 N–H and O–H groups in total. The summed E-state index contributed by atoms with van der Waals surface area (Å²) in [6, 6.07) is 29.8. The molecule has 2 aliphatic rings. The molecule has 33 heavy (non-hydrogen) atoms. The molecule has 0 fully saturated rings. The van der Waals surface area contributed by atoms with E-state index in [9.17, 15) is 0 Å². The van der Waals surface area contributed by atoms with E-state index in [1.54, 1.807) is 0 Å². The Morgan fingerprint density at radius 2 is 1.48 bits per heavy atom. The largest absolute Gasteiger partial charge is 0.342 e. The number of hydrogen-bond donors (Lipinski definition) is 0. The first-order valence-electron chi connectivity index (χ1n) is 11.4. The highest BCUT2D eigenvalue weighted by atomic mass is 15.2. The van der Waals surface area contributed by atoms with Crippen LogP contribution in [-0.2, 0) is 7.05 Å². The van der Waals surface area contributed by atoms with E-state index in [1.807, 2.05) is 0 Å². The number of hydrogen-bond acceptors (Lipinski definition) is 1. The second-order valence-electron chi connectivity index (χ2n) is 8.59. The molecule has 0 saturated heterocycles. The number of amidine groups is 1. The molecule has 1 atom stereocenters. The number of aryl methyl sites for hydroxylation is 1. The lowest BCUT2D eigenvalue weighted by Gasteiger charge is -2.22. The van der Waals surface area contributed by atoms with Gasteiger partial charge in [0.05, 0.1) is 22.8 Å². The zero-order chi connectivity index (χ0) is 22.4. The molecule has 0 aliphatic carbocycles. The van der Waals surface area contributed by atoms with Gasteiger partial charge in [-0.15, -0.1) is 0 Å². The molecule has 3 nitrogen and oxygen atoms in total. The SMILES string of the molecule is CC1=C2C=CC=CN2C(=Nc2c(-c3ccccc3)n(C)c3ccccc23)C1c1ccccc1. The average Bonchev–Trinajstić information content (AvgIpc) is 3.32. The molecule has 160 valence electrons. The van der Waals surface area contributed by atoms with Crippen molar-refractivity contribution in [2.75, 3.05) is 0 Å². The Hall–Kier alpha value is -4.11. The van der Waals surface area contributed by atoms with Crippen molar-refractivity contribution in [1.29, 1.82) is 0 Å². The van der Waals surface area contributed by atoms with Gasteiger partial charge in [-0.1, -0.05) is 84.9 Å². The van der Waals surface area contributed by atoms with E-state index in [-0.39, 0.29) is 5.92 Å². The number of rotatable bonds is 3. The molecular formula is C30H25N3. The maximum atomic E-state index is 5.47. The quantitative estimate of drug-likeness (QED) is 0.335. The van der Waals surface area contributed by atoms with E-state index in [1.165, 1.54) is 33.3 Å². The Bertz CT molecular complexity index is 1470. The van der Waals surface area contributed by atoms with Crippen LogP contribution in [0.3, 0.4) is 0 Å². The maximum absolute atomic E-state index is 5.47. The van der Waals surface area contributed by atoms with Gasteiger partial charge >= 0.3 is 0 Å². The summed E-state index contributed by atoms with van der Waals surface area (Å²) in [5, 5.41) is 1.17. The van der Waals surface area contributed by atoms with Gasteiger partial charge in [-0.3, -0.25) is 0 Å². The first kappa shape index (κ1) is 19.6. The van der Waals surface area contributed by atoms with Crippen LogP contribution in [0.1, 0.15) is 18.4 Å². The second kappa shape index (κ2) is 7.79. The Balaban J connectivity index is 1.64. The summed E-state index contributed by atoms with van der Waals surface area (Å²) in [5.41, 5.74) is 8.31. The fourth-order valence-corrected chi connectivity index (χ4v) is 5.14. The van der Waals surface area contributed by atoms with Crippen LogP contribution in [0, 0.1) is 0 Å². The Morgan fingerprint density at radius 3 is 2.27 bits per heavy atom. The van der Waals surface area contributed by atoms with Gasteiger partial charge in [0.25, 0.3) is 0 Å². The van der Waals surface area contributed by atoms with E-state index in [2.05, 4.69) is 133 Å². The molecule has 3 heterocycles. The van der Waals surface area contributed by atoms with Crippen LogP contribution in [0.15, 0.2) is 126 Å². The first-order valence-corrected chi connectivity index (χ1v) is 11.4.